The van der Waals surface area contributed by atoms with E-state index >= 15 is 0 Å². The number of aromatic nitrogens is 2. The minimum absolute atomic E-state index is 0.202. The van der Waals surface area contributed by atoms with Gasteiger partial charge in [0.2, 0.25) is 5.95 Å². The summed E-state index contributed by atoms with van der Waals surface area (Å²) in [6.45, 7) is 6.51. The maximum atomic E-state index is 11.7. The number of ether oxygens (including phenoxy) is 2. The summed E-state index contributed by atoms with van der Waals surface area (Å²) < 4.78 is 10.8. The molecule has 0 aliphatic carbocycles. The zero-order valence-electron chi connectivity index (χ0n) is 20.9. The second-order valence-corrected chi connectivity index (χ2v) is 8.94. The molecular weight excluding hydrogens is 428 g/mol. The Morgan fingerprint density at radius 1 is 1.06 bits per heavy atom. The number of hydrogen-bond acceptors (Lipinski definition) is 7. The normalized spacial score (nSPS) is 12.7. The Labute approximate surface area is 202 Å². The van der Waals surface area contributed by atoms with Gasteiger partial charge in [-0.3, -0.25) is 0 Å². The largest absolute Gasteiger partial charge is 0.497 e. The molecule has 1 heterocycles. The summed E-state index contributed by atoms with van der Waals surface area (Å²) in [5.74, 6) is 2.99. The molecule has 2 aromatic carbocycles. The van der Waals surface area contributed by atoms with E-state index in [4.69, 9.17) is 19.4 Å². The van der Waals surface area contributed by atoms with Crippen molar-refractivity contribution >= 4 is 28.5 Å². The van der Waals surface area contributed by atoms with Crippen LogP contribution in [0.3, 0.4) is 0 Å². The van der Waals surface area contributed by atoms with E-state index in [2.05, 4.69) is 24.5 Å². The van der Waals surface area contributed by atoms with Gasteiger partial charge in [0, 0.05) is 35.5 Å². The first kappa shape index (κ1) is 25.3. The number of anilines is 2. The van der Waals surface area contributed by atoms with Gasteiger partial charge in [0.1, 0.15) is 23.1 Å². The standard InChI is InChI=1S/C27H36N4O3/c1-6-7-15-27(3,16-14-19(2)32)31-25-22-10-8-9-11-23(22)29-26(30-25)28-18-20-12-13-21(33-4)17-24(20)34-5/h8-13,17H,6-7,14-16,18H2,1-5H3,(H2,28,29,30,31)/t27-/m1/s1. The molecule has 34 heavy (non-hydrogen) atoms. The maximum absolute atomic E-state index is 11.7. The van der Waals surface area contributed by atoms with Gasteiger partial charge in [-0.15, -0.1) is 0 Å². The van der Waals surface area contributed by atoms with Crippen molar-refractivity contribution in [3.8, 4) is 11.5 Å². The number of methoxy groups -OCH3 is 2. The van der Waals surface area contributed by atoms with Gasteiger partial charge >= 0.3 is 0 Å². The fraction of sp³-hybridized carbons (Fsp3) is 0.444. The van der Waals surface area contributed by atoms with Crippen LogP contribution < -0.4 is 20.1 Å². The zero-order valence-corrected chi connectivity index (χ0v) is 20.9. The van der Waals surface area contributed by atoms with Crippen molar-refractivity contribution < 1.29 is 14.3 Å². The first-order valence-corrected chi connectivity index (χ1v) is 11.9. The second-order valence-electron chi connectivity index (χ2n) is 8.94. The van der Waals surface area contributed by atoms with Crippen molar-refractivity contribution in [3.05, 3.63) is 48.0 Å². The number of nitrogens with zero attached hydrogens (tertiary/aromatic N) is 2. The molecule has 0 unspecified atom stereocenters. The number of benzene rings is 2. The lowest BCUT2D eigenvalue weighted by Gasteiger charge is -2.32. The van der Waals surface area contributed by atoms with Gasteiger partial charge in [0.15, 0.2) is 0 Å². The minimum Gasteiger partial charge on any atom is -0.497 e. The summed E-state index contributed by atoms with van der Waals surface area (Å²) in [6.07, 6.45) is 4.43. The van der Waals surface area contributed by atoms with E-state index in [1.807, 2.05) is 42.5 Å². The monoisotopic (exact) mass is 464 g/mol. The summed E-state index contributed by atoms with van der Waals surface area (Å²) in [5, 5.41) is 7.99. The summed E-state index contributed by atoms with van der Waals surface area (Å²) in [7, 11) is 3.28. The molecule has 1 atom stereocenters. The third-order valence-electron chi connectivity index (χ3n) is 6.07. The van der Waals surface area contributed by atoms with Gasteiger partial charge in [0.25, 0.3) is 0 Å². The molecule has 0 spiro atoms. The van der Waals surface area contributed by atoms with Crippen molar-refractivity contribution in [3.63, 3.8) is 0 Å². The van der Waals surface area contributed by atoms with Crippen molar-refractivity contribution in [2.24, 2.45) is 0 Å². The minimum atomic E-state index is -0.241. The number of Topliss-reactive ketones (excluding diaryl/α,β-unsaturated/α-hetero) is 1. The van der Waals surface area contributed by atoms with Crippen molar-refractivity contribution in [1.82, 2.24) is 9.97 Å². The highest BCUT2D eigenvalue weighted by Gasteiger charge is 2.25. The maximum Gasteiger partial charge on any atom is 0.225 e. The van der Waals surface area contributed by atoms with Gasteiger partial charge in [0.05, 0.1) is 19.7 Å². The van der Waals surface area contributed by atoms with E-state index in [0.29, 0.717) is 18.9 Å². The number of carbonyl (C=O) groups is 1. The third-order valence-corrected chi connectivity index (χ3v) is 6.07. The highest BCUT2D eigenvalue weighted by Crippen LogP contribution is 2.30. The Kier molecular flexibility index (Phi) is 8.68. The lowest BCUT2D eigenvalue weighted by molar-refractivity contribution is -0.117. The Morgan fingerprint density at radius 2 is 1.85 bits per heavy atom. The average Bonchev–Trinajstić information content (AvgIpc) is 2.85. The number of rotatable bonds is 13. The van der Waals surface area contributed by atoms with E-state index in [1.54, 1.807) is 21.1 Å². The van der Waals surface area contributed by atoms with Crippen LogP contribution in [0.1, 0.15) is 58.4 Å². The van der Waals surface area contributed by atoms with Gasteiger partial charge in [-0.25, -0.2) is 4.98 Å². The molecule has 0 saturated carbocycles. The van der Waals surface area contributed by atoms with Crippen LogP contribution in [0.2, 0.25) is 0 Å². The summed E-state index contributed by atoms with van der Waals surface area (Å²) >= 11 is 0. The van der Waals surface area contributed by atoms with E-state index < -0.39 is 0 Å². The predicted molar refractivity (Wildman–Crippen MR) is 138 cm³/mol. The van der Waals surface area contributed by atoms with E-state index in [0.717, 1.165) is 59.5 Å². The molecule has 182 valence electrons. The molecule has 2 N–H and O–H groups in total. The number of hydrogen-bond donors (Lipinski definition) is 2. The van der Waals surface area contributed by atoms with Crippen LogP contribution in [-0.2, 0) is 11.3 Å². The van der Waals surface area contributed by atoms with E-state index in [-0.39, 0.29) is 11.3 Å². The SMILES string of the molecule is CCCC[C@](C)(CCC(C)=O)Nc1nc(NCc2ccc(OC)cc2OC)nc2ccccc12. The van der Waals surface area contributed by atoms with Crippen molar-refractivity contribution in [2.75, 3.05) is 24.9 Å². The number of fused-ring (bicyclic) bond motifs is 1. The molecule has 0 bridgehead atoms. The fourth-order valence-corrected chi connectivity index (χ4v) is 3.98. The van der Waals surface area contributed by atoms with Crippen LogP contribution in [0.4, 0.5) is 11.8 Å². The molecule has 7 heteroatoms. The average molecular weight is 465 g/mol. The molecule has 3 rings (SSSR count). The van der Waals surface area contributed by atoms with Crippen LogP contribution >= 0.6 is 0 Å². The lowest BCUT2D eigenvalue weighted by Crippen LogP contribution is -2.36. The molecule has 0 amide bonds. The Bertz CT molecular complexity index is 1120. The second kappa shape index (κ2) is 11.7. The van der Waals surface area contributed by atoms with Crippen molar-refractivity contribution in [2.45, 2.75) is 65.0 Å². The predicted octanol–water partition coefficient (Wildman–Crippen LogP) is 5.99. The summed E-state index contributed by atoms with van der Waals surface area (Å²) in [6, 6.07) is 13.7. The van der Waals surface area contributed by atoms with E-state index in [1.165, 1.54) is 0 Å². The molecule has 1 aromatic heterocycles. The molecule has 0 aliphatic rings. The Balaban J connectivity index is 1.89. The van der Waals surface area contributed by atoms with Crippen LogP contribution in [0.25, 0.3) is 10.9 Å². The molecular formula is C27H36N4O3. The summed E-state index contributed by atoms with van der Waals surface area (Å²) in [4.78, 5) is 21.3. The number of carbonyl (C=O) groups excluding carboxylic acids is 1. The van der Waals surface area contributed by atoms with Gasteiger partial charge in [-0.2, -0.15) is 4.98 Å². The molecule has 7 nitrogen and oxygen atoms in total. The smallest absolute Gasteiger partial charge is 0.225 e. The van der Waals surface area contributed by atoms with Crippen LogP contribution in [0, 0.1) is 0 Å². The Morgan fingerprint density at radius 3 is 2.56 bits per heavy atom. The molecule has 0 radical (unpaired) electrons. The van der Waals surface area contributed by atoms with Gasteiger partial charge in [-0.1, -0.05) is 31.9 Å². The lowest BCUT2D eigenvalue weighted by atomic mass is 9.88. The molecule has 0 saturated heterocycles. The highest BCUT2D eigenvalue weighted by atomic mass is 16.5. The van der Waals surface area contributed by atoms with Crippen LogP contribution in [-0.4, -0.2) is 35.5 Å². The summed E-state index contributed by atoms with van der Waals surface area (Å²) in [5.41, 5.74) is 1.59. The first-order chi connectivity index (χ1) is 16.4. The molecule has 0 fully saturated rings. The van der Waals surface area contributed by atoms with Gasteiger partial charge in [-0.05, 0) is 51.0 Å². The van der Waals surface area contributed by atoms with Crippen LogP contribution in [0.15, 0.2) is 42.5 Å². The third kappa shape index (κ3) is 6.59. The number of para-hydroxylation sites is 1. The van der Waals surface area contributed by atoms with Crippen molar-refractivity contribution in [1.29, 1.82) is 0 Å². The Hall–Kier alpha value is -3.35. The van der Waals surface area contributed by atoms with Gasteiger partial charge < -0.3 is 24.9 Å². The number of nitrogens with one attached hydrogen (secondary N) is 2. The topological polar surface area (TPSA) is 85.4 Å². The zero-order chi connectivity index (χ0) is 24.6. The first-order valence-electron chi connectivity index (χ1n) is 11.9. The quantitative estimate of drug-likeness (QED) is 0.321. The number of unbranched alkanes of at least 4 members (excludes halogenated alkanes) is 1. The number of ketones is 1. The fourth-order valence-electron chi connectivity index (χ4n) is 3.98. The van der Waals surface area contributed by atoms with Crippen LogP contribution in [0.5, 0.6) is 11.5 Å². The molecule has 0 aliphatic heterocycles. The highest BCUT2D eigenvalue weighted by molar-refractivity contribution is 5.90. The van der Waals surface area contributed by atoms with E-state index in [9.17, 15) is 4.79 Å². The molecule has 3 aromatic rings.